The van der Waals surface area contributed by atoms with Gasteiger partial charge in [0, 0.05) is 58.6 Å². The summed E-state index contributed by atoms with van der Waals surface area (Å²) in [5.41, 5.74) is 8.01. The maximum atomic E-state index is 12.4. The fourth-order valence-corrected chi connectivity index (χ4v) is 7.88. The highest BCUT2D eigenvalue weighted by Crippen LogP contribution is 2.44. The van der Waals surface area contributed by atoms with E-state index in [0.717, 1.165) is 55.8 Å². The van der Waals surface area contributed by atoms with E-state index in [2.05, 4.69) is 4.98 Å². The molecule has 13 heteroatoms. The number of esters is 4. The van der Waals surface area contributed by atoms with E-state index in [-0.39, 0.29) is 49.6 Å². The lowest BCUT2D eigenvalue weighted by Gasteiger charge is -2.23. The number of hydrogen-bond acceptors (Lipinski definition) is 12. The van der Waals surface area contributed by atoms with Crippen LogP contribution in [0.15, 0.2) is 49.3 Å². The van der Waals surface area contributed by atoms with Gasteiger partial charge in [-0.05, 0) is 86.8 Å². The number of nitrogens with one attached hydrogen (secondary N) is 1. The molecular formula is C39H50N4O8S. The molecule has 0 saturated heterocycles. The highest BCUT2D eigenvalue weighted by molar-refractivity contribution is 8.13. The average Bonchev–Trinajstić information content (AvgIpc) is 3.77. The van der Waals surface area contributed by atoms with Gasteiger partial charge in [-0.25, -0.2) is 4.99 Å². The molecule has 0 saturated carbocycles. The van der Waals surface area contributed by atoms with Gasteiger partial charge in [0.1, 0.15) is 0 Å². The first kappa shape index (κ1) is 40.3. The molecule has 0 radical (unpaired) electrons. The van der Waals surface area contributed by atoms with Crippen LogP contribution >= 0.6 is 11.8 Å². The standard InChI is InChI=1S/C39H50N4O8S/c1-22-18-38(4,20-35(46)50-8)32(40-22)17-29-24(3)27(12-14-34(45)49-7)31(43-29)16-30-26(11-13-33(44)48-6)23(2)28(42-30)15-25-19-39(5,21-36(47)51-9)37(41-25)52-10/h15-17,42H,11-14,18-21H2,1-10H3/b25-15-,31-16-,32-17-/t38-,39-/m1/s1. The maximum absolute atomic E-state index is 12.4. The largest absolute Gasteiger partial charge is 0.469 e. The summed E-state index contributed by atoms with van der Waals surface area (Å²) in [6.07, 6.45) is 10.5. The number of aliphatic imine (C=N–C) groups is 3. The summed E-state index contributed by atoms with van der Waals surface area (Å²) in [5.74, 6) is -1.27. The maximum Gasteiger partial charge on any atom is 0.306 e. The molecule has 1 N–H and O–H groups in total. The number of hydrogen-bond donors (Lipinski definition) is 1. The molecule has 3 aliphatic rings. The van der Waals surface area contributed by atoms with Gasteiger partial charge in [-0.2, -0.15) is 0 Å². The van der Waals surface area contributed by atoms with Gasteiger partial charge in [-0.3, -0.25) is 29.2 Å². The van der Waals surface area contributed by atoms with Gasteiger partial charge in [-0.15, -0.1) is 11.8 Å². The molecule has 1 aromatic rings. The number of aromatic nitrogens is 1. The molecule has 4 heterocycles. The van der Waals surface area contributed by atoms with Gasteiger partial charge >= 0.3 is 23.9 Å². The van der Waals surface area contributed by atoms with E-state index < -0.39 is 10.8 Å². The van der Waals surface area contributed by atoms with Crippen molar-refractivity contribution in [1.29, 1.82) is 0 Å². The molecule has 12 nitrogen and oxygen atoms in total. The Labute approximate surface area is 310 Å². The van der Waals surface area contributed by atoms with E-state index in [9.17, 15) is 19.2 Å². The summed E-state index contributed by atoms with van der Waals surface area (Å²) in [4.78, 5) is 67.5. The number of carbonyl (C=O) groups is 4. The van der Waals surface area contributed by atoms with Crippen LogP contribution in [0, 0.1) is 17.8 Å². The molecule has 1 aromatic heterocycles. The van der Waals surface area contributed by atoms with Gasteiger partial charge in [0.15, 0.2) is 0 Å². The van der Waals surface area contributed by atoms with E-state index in [1.54, 1.807) is 0 Å². The molecule has 0 bridgehead atoms. The Morgan fingerprint density at radius 1 is 0.750 bits per heavy atom. The van der Waals surface area contributed by atoms with Crippen molar-refractivity contribution in [3.63, 3.8) is 0 Å². The Bertz CT molecular complexity index is 1860. The van der Waals surface area contributed by atoms with Crippen LogP contribution in [-0.4, -0.2) is 80.0 Å². The van der Waals surface area contributed by atoms with Crippen molar-refractivity contribution >= 4 is 64.3 Å². The number of nitrogens with zero attached hydrogens (tertiary/aromatic N) is 3. The molecule has 0 aromatic carbocycles. The third-order valence-electron chi connectivity index (χ3n) is 9.94. The van der Waals surface area contributed by atoms with Crippen molar-refractivity contribution in [2.45, 2.75) is 86.0 Å². The van der Waals surface area contributed by atoms with Crippen molar-refractivity contribution in [2.24, 2.45) is 25.8 Å². The average molecular weight is 735 g/mol. The molecule has 280 valence electrons. The Morgan fingerprint density at radius 3 is 1.94 bits per heavy atom. The van der Waals surface area contributed by atoms with Crippen LogP contribution in [0.3, 0.4) is 0 Å². The molecule has 2 atom stereocenters. The predicted molar refractivity (Wildman–Crippen MR) is 204 cm³/mol. The molecule has 3 aliphatic heterocycles. The molecule has 0 aliphatic carbocycles. The van der Waals surface area contributed by atoms with E-state index >= 15 is 0 Å². The molecule has 4 rings (SSSR count). The molecular weight excluding hydrogens is 685 g/mol. The highest BCUT2D eigenvalue weighted by atomic mass is 32.2. The van der Waals surface area contributed by atoms with Crippen molar-refractivity contribution in [1.82, 2.24) is 4.98 Å². The summed E-state index contributed by atoms with van der Waals surface area (Å²) in [6, 6.07) is 0. The Morgan fingerprint density at radius 2 is 1.35 bits per heavy atom. The monoisotopic (exact) mass is 734 g/mol. The van der Waals surface area contributed by atoms with E-state index in [4.69, 9.17) is 33.9 Å². The number of ether oxygens (including phenoxy) is 4. The molecule has 0 fully saturated rings. The minimum Gasteiger partial charge on any atom is -0.469 e. The Kier molecular flexibility index (Phi) is 13.1. The second kappa shape index (κ2) is 16.9. The third-order valence-corrected chi connectivity index (χ3v) is 10.9. The zero-order chi connectivity index (χ0) is 38.4. The zero-order valence-corrected chi connectivity index (χ0v) is 32.7. The first-order chi connectivity index (χ1) is 24.6. The summed E-state index contributed by atoms with van der Waals surface area (Å²) in [5, 5.41) is 0.865. The highest BCUT2D eigenvalue weighted by Gasteiger charge is 2.40. The van der Waals surface area contributed by atoms with E-state index in [1.807, 2.05) is 59.1 Å². The minimum absolute atomic E-state index is 0.160. The van der Waals surface area contributed by atoms with Gasteiger partial charge in [-0.1, -0.05) is 13.8 Å². The van der Waals surface area contributed by atoms with Crippen molar-refractivity contribution in [3.05, 3.63) is 56.8 Å². The van der Waals surface area contributed by atoms with Gasteiger partial charge in [0.2, 0.25) is 0 Å². The summed E-state index contributed by atoms with van der Waals surface area (Å²) < 4.78 is 19.9. The zero-order valence-electron chi connectivity index (χ0n) is 31.9. The molecule has 52 heavy (non-hydrogen) atoms. The number of thioether (sulfide) groups is 1. The van der Waals surface area contributed by atoms with E-state index in [1.165, 1.54) is 40.2 Å². The number of allylic oxidation sites excluding steroid dienone is 5. The molecule has 0 amide bonds. The SMILES string of the molecule is COC(=O)CCC1=C(C)C(/C=C2\N=C(C)C[C@]2(C)CC(=O)OC)=NC/1=C\c1[nH]c(/C=C2/C[C@](C)(CC(=O)OC)C(SC)=N2)c(C)c1CCC(=O)OC. The second-order valence-electron chi connectivity index (χ2n) is 14.0. The van der Waals surface area contributed by atoms with Gasteiger partial charge in [0.05, 0.1) is 57.7 Å². The van der Waals surface area contributed by atoms with Crippen LogP contribution in [-0.2, 0) is 44.5 Å². The lowest BCUT2D eigenvalue weighted by atomic mass is 9.80. The lowest BCUT2D eigenvalue weighted by Crippen LogP contribution is -2.25. The van der Waals surface area contributed by atoms with Crippen LogP contribution < -0.4 is 0 Å². The first-order valence-electron chi connectivity index (χ1n) is 17.2. The van der Waals surface area contributed by atoms with Crippen molar-refractivity contribution in [2.75, 3.05) is 34.7 Å². The Hall–Kier alpha value is -4.52. The van der Waals surface area contributed by atoms with Crippen molar-refractivity contribution in [3.8, 4) is 0 Å². The van der Waals surface area contributed by atoms with Crippen LogP contribution in [0.2, 0.25) is 0 Å². The van der Waals surface area contributed by atoms with Crippen LogP contribution in [0.5, 0.6) is 0 Å². The van der Waals surface area contributed by atoms with Gasteiger partial charge < -0.3 is 23.9 Å². The number of rotatable bonds is 13. The predicted octanol–water partition coefficient (Wildman–Crippen LogP) is 6.89. The van der Waals surface area contributed by atoms with Crippen LogP contribution in [0.4, 0.5) is 0 Å². The quantitative estimate of drug-likeness (QED) is 0.168. The molecule has 0 unspecified atom stereocenters. The second-order valence-corrected chi connectivity index (χ2v) is 14.7. The number of methoxy groups -OCH3 is 4. The number of carbonyl (C=O) groups excluding carboxylic acids is 4. The lowest BCUT2D eigenvalue weighted by molar-refractivity contribution is -0.143. The Balaban J connectivity index is 1.83. The van der Waals surface area contributed by atoms with Gasteiger partial charge in [0.25, 0.3) is 0 Å². The normalized spacial score (nSPS) is 23.7. The fraction of sp³-hybridized carbons (Fsp3) is 0.513. The minimum atomic E-state index is -0.551. The topological polar surface area (TPSA) is 158 Å². The summed E-state index contributed by atoms with van der Waals surface area (Å²) in [6.45, 7) is 9.92. The molecule has 0 spiro atoms. The summed E-state index contributed by atoms with van der Waals surface area (Å²) >= 11 is 1.52. The van der Waals surface area contributed by atoms with Crippen molar-refractivity contribution < 1.29 is 38.1 Å². The smallest absolute Gasteiger partial charge is 0.306 e. The van der Waals surface area contributed by atoms with E-state index in [0.29, 0.717) is 37.1 Å². The first-order valence-corrected chi connectivity index (χ1v) is 18.4. The third kappa shape index (κ3) is 9.09. The van der Waals surface area contributed by atoms with Crippen LogP contribution in [0.25, 0.3) is 12.2 Å². The number of H-pyrrole nitrogens is 1. The van der Waals surface area contributed by atoms with Crippen LogP contribution in [0.1, 0.15) is 95.2 Å². The number of aromatic amines is 1. The summed E-state index contributed by atoms with van der Waals surface area (Å²) in [7, 11) is 5.50. The fourth-order valence-electron chi connectivity index (χ4n) is 7.03.